The Hall–Kier alpha value is -1.15. The zero-order valence-electron chi connectivity index (χ0n) is 18.0. The van der Waals surface area contributed by atoms with Gasteiger partial charge in [-0.15, -0.1) is 0 Å². The van der Waals surface area contributed by atoms with E-state index < -0.39 is 85.1 Å². The lowest BCUT2D eigenvalue weighted by atomic mass is 9.48. The molecule has 11 atom stereocenters. The van der Waals surface area contributed by atoms with Crippen molar-refractivity contribution in [3.63, 3.8) is 0 Å². The molecule has 4 aliphatic rings. The Bertz CT molecular complexity index is 782. The third-order valence-corrected chi connectivity index (χ3v) is 8.27. The van der Waals surface area contributed by atoms with E-state index in [1.165, 1.54) is 6.92 Å². The summed E-state index contributed by atoms with van der Waals surface area (Å²) in [6.07, 6.45) is -7.55. The molecule has 0 aromatic carbocycles. The molecule has 0 aromatic heterocycles. The number of rotatable bonds is 5. The van der Waals surface area contributed by atoms with E-state index in [2.05, 4.69) is 0 Å². The number of allylic oxidation sites excluding steroid dienone is 1. The second-order valence-electron chi connectivity index (χ2n) is 9.72. The van der Waals surface area contributed by atoms with Crippen molar-refractivity contribution < 1.29 is 54.8 Å². The van der Waals surface area contributed by atoms with E-state index in [0.717, 1.165) is 0 Å². The Labute approximate surface area is 184 Å². The fourth-order valence-corrected chi connectivity index (χ4v) is 6.04. The number of ether oxygens (including phenoxy) is 3. The second-order valence-corrected chi connectivity index (χ2v) is 9.72. The molecule has 1 saturated carbocycles. The zero-order valence-corrected chi connectivity index (χ0v) is 18.0. The number of fused-ring (bicyclic) bond motifs is 1. The lowest BCUT2D eigenvalue weighted by molar-refractivity contribution is -0.318. The van der Waals surface area contributed by atoms with Crippen molar-refractivity contribution >= 4 is 5.97 Å². The Morgan fingerprint density at radius 2 is 1.84 bits per heavy atom. The highest BCUT2D eigenvalue weighted by Gasteiger charge is 2.72. The summed E-state index contributed by atoms with van der Waals surface area (Å²) in [7, 11) is 0. The summed E-state index contributed by atoms with van der Waals surface area (Å²) in [4.78, 5) is 12.4. The van der Waals surface area contributed by atoms with E-state index in [1.54, 1.807) is 6.08 Å². The first-order valence-corrected chi connectivity index (χ1v) is 10.8. The molecule has 2 saturated heterocycles. The van der Waals surface area contributed by atoms with Crippen molar-refractivity contribution in [2.24, 2.45) is 16.7 Å². The fourth-order valence-electron chi connectivity index (χ4n) is 6.04. The molecule has 2 aliphatic carbocycles. The predicted molar refractivity (Wildman–Crippen MR) is 105 cm³/mol. The van der Waals surface area contributed by atoms with Gasteiger partial charge in [0.05, 0.1) is 25.2 Å². The Balaban J connectivity index is 1.69. The highest BCUT2D eigenvalue weighted by atomic mass is 16.7. The van der Waals surface area contributed by atoms with E-state index in [4.69, 9.17) is 14.2 Å². The predicted octanol–water partition coefficient (Wildman–Crippen LogP) is -2.82. The molecular formula is C21H32O11. The van der Waals surface area contributed by atoms with Crippen LogP contribution in [-0.4, -0.2) is 110 Å². The summed E-state index contributed by atoms with van der Waals surface area (Å²) in [6.45, 7) is 1.62. The van der Waals surface area contributed by atoms with Crippen LogP contribution < -0.4 is 0 Å². The van der Waals surface area contributed by atoms with Gasteiger partial charge in [0.15, 0.2) is 12.4 Å². The molecule has 7 N–H and O–H groups in total. The fraction of sp³-hybridized carbons (Fsp3) is 0.857. The van der Waals surface area contributed by atoms with E-state index in [-0.39, 0.29) is 12.3 Å². The Kier molecular flexibility index (Phi) is 5.97. The molecular weight excluding hydrogens is 428 g/mol. The lowest BCUT2D eigenvalue weighted by Crippen LogP contribution is -2.72. The van der Waals surface area contributed by atoms with Crippen molar-refractivity contribution in [3.8, 4) is 0 Å². The number of hydrogen-bond acceptors (Lipinski definition) is 11. The van der Waals surface area contributed by atoms with Crippen LogP contribution in [0.15, 0.2) is 11.6 Å². The maximum Gasteiger partial charge on any atom is 0.336 e. The Morgan fingerprint density at radius 3 is 2.47 bits per heavy atom. The minimum Gasteiger partial charge on any atom is -0.457 e. The van der Waals surface area contributed by atoms with Gasteiger partial charge in [-0.25, -0.2) is 4.79 Å². The quantitative estimate of drug-likeness (QED) is 0.166. The third-order valence-electron chi connectivity index (χ3n) is 8.27. The minimum absolute atomic E-state index is 0.169. The first kappa shape index (κ1) is 24.0. The molecule has 3 fully saturated rings. The van der Waals surface area contributed by atoms with Crippen LogP contribution in [0, 0.1) is 16.7 Å². The molecule has 4 rings (SSSR count). The van der Waals surface area contributed by atoms with Gasteiger partial charge in [-0.2, -0.15) is 0 Å². The Morgan fingerprint density at radius 1 is 1.16 bits per heavy atom. The van der Waals surface area contributed by atoms with Crippen LogP contribution in [0.2, 0.25) is 0 Å². The van der Waals surface area contributed by atoms with Gasteiger partial charge >= 0.3 is 5.97 Å². The van der Waals surface area contributed by atoms with Crippen molar-refractivity contribution in [1.82, 2.24) is 0 Å². The van der Waals surface area contributed by atoms with Crippen LogP contribution in [0.5, 0.6) is 0 Å². The van der Waals surface area contributed by atoms with Crippen molar-refractivity contribution in [3.05, 3.63) is 11.6 Å². The van der Waals surface area contributed by atoms with Gasteiger partial charge in [0.25, 0.3) is 0 Å². The van der Waals surface area contributed by atoms with Crippen molar-refractivity contribution in [2.45, 2.75) is 75.2 Å². The summed E-state index contributed by atoms with van der Waals surface area (Å²) >= 11 is 0. The molecule has 2 bridgehead atoms. The zero-order chi connectivity index (χ0) is 23.6. The first-order valence-electron chi connectivity index (χ1n) is 10.8. The molecule has 11 nitrogen and oxygen atoms in total. The molecule has 0 amide bonds. The standard InChI is InChI=1S/C21H32O11/c1-9-3-4-11-20(7-23,8-30-18-15(26)14(25)13(24)10(6-22)31-18)19(2,29)12-5-21(9,11)16(27)17(28)32-12/h4,9-10,12-16,18,22-27,29H,3,5-8H2,1-2H3/t9-,10-,12-,13-,14+,15-,16+,18-,19+,20+,21-/m1/s1. The monoisotopic (exact) mass is 460 g/mol. The molecule has 182 valence electrons. The van der Waals surface area contributed by atoms with Crippen molar-refractivity contribution in [2.75, 3.05) is 19.8 Å². The normalized spacial score (nSPS) is 52.9. The maximum absolute atomic E-state index is 12.4. The summed E-state index contributed by atoms with van der Waals surface area (Å²) in [5.41, 5.74) is -3.90. The molecule has 2 heterocycles. The average molecular weight is 460 g/mol. The largest absolute Gasteiger partial charge is 0.457 e. The number of carbonyl (C=O) groups is 1. The summed E-state index contributed by atoms with van der Waals surface area (Å²) in [5, 5.41) is 72.7. The first-order chi connectivity index (χ1) is 15.0. The smallest absolute Gasteiger partial charge is 0.336 e. The highest BCUT2D eigenvalue weighted by Crippen LogP contribution is 2.65. The van der Waals surface area contributed by atoms with E-state index in [1.807, 2.05) is 6.92 Å². The molecule has 0 aromatic rings. The van der Waals surface area contributed by atoms with Gasteiger partial charge in [0.2, 0.25) is 0 Å². The van der Waals surface area contributed by atoms with Crippen molar-refractivity contribution in [1.29, 1.82) is 0 Å². The van der Waals surface area contributed by atoms with Crippen LogP contribution in [0.4, 0.5) is 0 Å². The third kappa shape index (κ3) is 2.97. The number of aliphatic hydroxyl groups excluding tert-OH is 6. The number of hydrogen-bond donors (Lipinski definition) is 7. The lowest BCUT2D eigenvalue weighted by Gasteiger charge is -2.62. The molecule has 1 spiro atoms. The average Bonchev–Trinajstić information content (AvgIpc) is 3.08. The van der Waals surface area contributed by atoms with Gasteiger partial charge in [0, 0.05) is 5.41 Å². The summed E-state index contributed by atoms with van der Waals surface area (Å²) in [5.74, 6) is -1.00. The summed E-state index contributed by atoms with van der Waals surface area (Å²) in [6, 6.07) is 0. The van der Waals surface area contributed by atoms with E-state index in [0.29, 0.717) is 12.0 Å². The van der Waals surface area contributed by atoms with Crippen LogP contribution in [-0.2, 0) is 19.0 Å². The molecule has 11 heteroatoms. The van der Waals surface area contributed by atoms with Gasteiger partial charge < -0.3 is 50.0 Å². The number of aliphatic hydroxyl groups is 7. The maximum atomic E-state index is 12.4. The minimum atomic E-state index is -1.80. The molecule has 2 aliphatic heterocycles. The van der Waals surface area contributed by atoms with Crippen LogP contribution >= 0.6 is 0 Å². The number of carbonyl (C=O) groups excluding carboxylic acids is 1. The topological polar surface area (TPSA) is 186 Å². The second kappa shape index (κ2) is 7.97. The highest BCUT2D eigenvalue weighted by molar-refractivity contribution is 5.79. The van der Waals surface area contributed by atoms with Crippen LogP contribution in [0.3, 0.4) is 0 Å². The molecule has 32 heavy (non-hydrogen) atoms. The van der Waals surface area contributed by atoms with Gasteiger partial charge in [0.1, 0.15) is 36.1 Å². The number of esters is 1. The van der Waals surface area contributed by atoms with Gasteiger partial charge in [-0.1, -0.05) is 18.6 Å². The summed E-state index contributed by atoms with van der Waals surface area (Å²) < 4.78 is 16.5. The SMILES string of the molecule is C[C@@H]1CC=C2[C@@]13C[C@@H](OC(=O)[C@@H]3O)[C@](C)(O)[C@@]2(CO)CO[C@@H]1O[C@H](CO)[C@@H](O)[C@H](O)[C@H]1O. The van der Waals surface area contributed by atoms with E-state index >= 15 is 0 Å². The van der Waals surface area contributed by atoms with Crippen LogP contribution in [0.1, 0.15) is 26.7 Å². The van der Waals surface area contributed by atoms with E-state index in [9.17, 15) is 40.5 Å². The van der Waals surface area contributed by atoms with Gasteiger partial charge in [-0.05, 0) is 25.7 Å². The van der Waals surface area contributed by atoms with Gasteiger partial charge in [-0.3, -0.25) is 0 Å². The molecule has 0 unspecified atom stereocenters. The van der Waals surface area contributed by atoms with Crippen LogP contribution in [0.25, 0.3) is 0 Å². The molecule has 0 radical (unpaired) electrons.